The molecule has 0 fully saturated rings. The third-order valence-electron chi connectivity index (χ3n) is 2.18. The molecule has 6 nitrogen and oxygen atoms in total. The number of hydrogen-bond donors (Lipinski definition) is 1. The first-order chi connectivity index (χ1) is 7.69. The van der Waals surface area contributed by atoms with E-state index in [1.165, 1.54) is 12.3 Å². The van der Waals surface area contributed by atoms with Crippen molar-refractivity contribution in [2.45, 2.75) is 19.4 Å². The van der Waals surface area contributed by atoms with Gasteiger partial charge in [0.05, 0.1) is 17.6 Å². The molecule has 1 atom stereocenters. The van der Waals surface area contributed by atoms with Crippen molar-refractivity contribution in [3.05, 3.63) is 28.4 Å². The van der Waals surface area contributed by atoms with E-state index in [2.05, 4.69) is 10.3 Å². The average Bonchev–Trinajstić information content (AvgIpc) is 2.29. The van der Waals surface area contributed by atoms with Gasteiger partial charge < -0.3 is 10.1 Å². The minimum absolute atomic E-state index is 0.0166. The highest BCUT2D eigenvalue weighted by Gasteiger charge is 2.16. The summed E-state index contributed by atoms with van der Waals surface area (Å²) in [6.07, 6.45) is 2.33. The number of nitrogens with one attached hydrogen (secondary N) is 1. The van der Waals surface area contributed by atoms with Crippen molar-refractivity contribution in [3.63, 3.8) is 0 Å². The molecule has 1 aromatic rings. The molecule has 6 heteroatoms. The van der Waals surface area contributed by atoms with Gasteiger partial charge in [-0.25, -0.2) is 4.98 Å². The van der Waals surface area contributed by atoms with Crippen molar-refractivity contribution in [2.24, 2.45) is 0 Å². The van der Waals surface area contributed by atoms with E-state index in [0.29, 0.717) is 6.61 Å². The summed E-state index contributed by atoms with van der Waals surface area (Å²) in [4.78, 5) is 14.3. The number of ether oxygens (including phenoxy) is 1. The highest BCUT2D eigenvalue weighted by molar-refractivity contribution is 5.55. The minimum atomic E-state index is -0.450. The predicted octanol–water partition coefficient (Wildman–Crippen LogP) is 1.83. The summed E-state index contributed by atoms with van der Waals surface area (Å²) in [5, 5.41) is 13.7. The van der Waals surface area contributed by atoms with Crippen LogP contribution in [0.5, 0.6) is 0 Å². The Morgan fingerprint density at radius 1 is 1.69 bits per heavy atom. The predicted molar refractivity (Wildman–Crippen MR) is 60.5 cm³/mol. The van der Waals surface area contributed by atoms with Gasteiger partial charge in [0, 0.05) is 19.4 Å². The van der Waals surface area contributed by atoms with Crippen molar-refractivity contribution >= 4 is 11.5 Å². The van der Waals surface area contributed by atoms with E-state index in [1.807, 2.05) is 6.92 Å². The maximum absolute atomic E-state index is 10.7. The molecule has 0 aromatic carbocycles. The van der Waals surface area contributed by atoms with Gasteiger partial charge in [0.15, 0.2) is 0 Å². The molecule has 0 spiro atoms. The highest BCUT2D eigenvalue weighted by Crippen LogP contribution is 2.21. The third-order valence-corrected chi connectivity index (χ3v) is 2.18. The zero-order valence-electron chi connectivity index (χ0n) is 9.34. The molecule has 1 rings (SSSR count). The van der Waals surface area contributed by atoms with Crippen LogP contribution in [0.4, 0.5) is 11.5 Å². The maximum atomic E-state index is 10.7. The summed E-state index contributed by atoms with van der Waals surface area (Å²) in [5.41, 5.74) is -0.0166. The second-order valence-corrected chi connectivity index (χ2v) is 3.33. The molecule has 0 aliphatic rings. The lowest BCUT2D eigenvalue weighted by molar-refractivity contribution is -0.384. The lowest BCUT2D eigenvalue weighted by atomic mass is 10.2. The molecule has 88 valence electrons. The van der Waals surface area contributed by atoms with Crippen molar-refractivity contribution in [1.29, 1.82) is 0 Å². The van der Waals surface area contributed by atoms with Gasteiger partial charge >= 0.3 is 5.69 Å². The first kappa shape index (κ1) is 12.4. The lowest BCUT2D eigenvalue weighted by Crippen LogP contribution is -2.24. The molecule has 0 amide bonds. The molecule has 0 bridgehead atoms. The fourth-order valence-corrected chi connectivity index (χ4v) is 1.31. The molecule has 1 aromatic heterocycles. The van der Waals surface area contributed by atoms with Crippen LogP contribution in [-0.4, -0.2) is 29.7 Å². The van der Waals surface area contributed by atoms with E-state index in [4.69, 9.17) is 4.74 Å². The average molecular weight is 225 g/mol. The summed E-state index contributed by atoms with van der Waals surface area (Å²) in [6.45, 7) is 2.47. The summed E-state index contributed by atoms with van der Waals surface area (Å²) in [7, 11) is 1.59. The van der Waals surface area contributed by atoms with Gasteiger partial charge in [-0.2, -0.15) is 0 Å². The van der Waals surface area contributed by atoms with Gasteiger partial charge in [-0.05, 0) is 12.5 Å². The molecule has 1 heterocycles. The Hall–Kier alpha value is -1.69. The van der Waals surface area contributed by atoms with Crippen molar-refractivity contribution < 1.29 is 9.66 Å². The zero-order chi connectivity index (χ0) is 12.0. The lowest BCUT2D eigenvalue weighted by Gasteiger charge is -2.16. The number of hydrogen-bond acceptors (Lipinski definition) is 5. The molecular weight excluding hydrogens is 210 g/mol. The zero-order valence-corrected chi connectivity index (χ0v) is 9.34. The molecular formula is C10H15N3O3. The number of rotatable bonds is 6. The van der Waals surface area contributed by atoms with E-state index in [0.717, 1.165) is 6.42 Å². The Morgan fingerprint density at radius 3 is 3.00 bits per heavy atom. The van der Waals surface area contributed by atoms with Crippen LogP contribution in [0.25, 0.3) is 0 Å². The number of nitro groups is 1. The van der Waals surface area contributed by atoms with Gasteiger partial charge in [0.25, 0.3) is 0 Å². The van der Waals surface area contributed by atoms with Crippen LogP contribution in [0, 0.1) is 10.1 Å². The van der Waals surface area contributed by atoms with Gasteiger partial charge in [-0.1, -0.05) is 6.92 Å². The van der Waals surface area contributed by atoms with E-state index in [1.54, 1.807) is 13.2 Å². The SMILES string of the molecule is CCC(COC)Nc1ncccc1[N+](=O)[O-]. The van der Waals surface area contributed by atoms with Crippen LogP contribution in [0.2, 0.25) is 0 Å². The molecule has 1 unspecified atom stereocenters. The van der Waals surface area contributed by atoms with Crippen molar-refractivity contribution in [2.75, 3.05) is 19.0 Å². The molecule has 0 aliphatic heterocycles. The van der Waals surface area contributed by atoms with Crippen LogP contribution >= 0.6 is 0 Å². The van der Waals surface area contributed by atoms with E-state index in [9.17, 15) is 10.1 Å². The quantitative estimate of drug-likeness (QED) is 0.590. The Kier molecular flexibility index (Phi) is 4.65. The second-order valence-electron chi connectivity index (χ2n) is 3.33. The Morgan fingerprint density at radius 2 is 2.44 bits per heavy atom. The molecule has 16 heavy (non-hydrogen) atoms. The topological polar surface area (TPSA) is 77.3 Å². The number of aromatic nitrogens is 1. The number of pyridine rings is 1. The summed E-state index contributed by atoms with van der Waals surface area (Å²) >= 11 is 0. The molecule has 0 saturated heterocycles. The van der Waals surface area contributed by atoms with Crippen LogP contribution in [0.3, 0.4) is 0 Å². The van der Waals surface area contributed by atoms with Gasteiger partial charge in [0.2, 0.25) is 5.82 Å². The number of methoxy groups -OCH3 is 1. The fourth-order valence-electron chi connectivity index (χ4n) is 1.31. The monoisotopic (exact) mass is 225 g/mol. The van der Waals surface area contributed by atoms with Crippen LogP contribution in [0.15, 0.2) is 18.3 Å². The normalized spacial score (nSPS) is 12.1. The minimum Gasteiger partial charge on any atom is -0.383 e. The summed E-state index contributed by atoms with van der Waals surface area (Å²) < 4.78 is 5.01. The van der Waals surface area contributed by atoms with Crippen LogP contribution in [0.1, 0.15) is 13.3 Å². The largest absolute Gasteiger partial charge is 0.383 e. The standard InChI is InChI=1S/C10H15N3O3/c1-3-8(7-16-2)12-10-9(13(14)15)5-4-6-11-10/h4-6,8H,3,7H2,1-2H3,(H,11,12). The summed E-state index contributed by atoms with van der Waals surface area (Å²) in [6, 6.07) is 2.99. The van der Waals surface area contributed by atoms with Crippen LogP contribution in [-0.2, 0) is 4.74 Å². The Bertz CT molecular complexity index is 357. The molecule has 0 radical (unpaired) electrons. The smallest absolute Gasteiger partial charge is 0.311 e. The van der Waals surface area contributed by atoms with Crippen molar-refractivity contribution in [1.82, 2.24) is 4.98 Å². The first-order valence-corrected chi connectivity index (χ1v) is 5.04. The highest BCUT2D eigenvalue weighted by atomic mass is 16.6. The van der Waals surface area contributed by atoms with E-state index in [-0.39, 0.29) is 17.5 Å². The maximum Gasteiger partial charge on any atom is 0.311 e. The van der Waals surface area contributed by atoms with Gasteiger partial charge in [-0.15, -0.1) is 0 Å². The molecule has 0 saturated carbocycles. The third kappa shape index (κ3) is 3.16. The van der Waals surface area contributed by atoms with E-state index >= 15 is 0 Å². The first-order valence-electron chi connectivity index (χ1n) is 5.04. The van der Waals surface area contributed by atoms with Crippen LogP contribution < -0.4 is 5.32 Å². The molecule has 0 aliphatic carbocycles. The van der Waals surface area contributed by atoms with Crippen molar-refractivity contribution in [3.8, 4) is 0 Å². The summed E-state index contributed by atoms with van der Waals surface area (Å²) in [5.74, 6) is 0.288. The Balaban J connectivity index is 2.82. The van der Waals surface area contributed by atoms with E-state index < -0.39 is 4.92 Å². The van der Waals surface area contributed by atoms with Gasteiger partial charge in [-0.3, -0.25) is 10.1 Å². The fraction of sp³-hybridized carbons (Fsp3) is 0.500. The molecule has 1 N–H and O–H groups in total. The second kappa shape index (κ2) is 6.02. The number of anilines is 1. The number of nitrogens with zero attached hydrogens (tertiary/aromatic N) is 2. The Labute approximate surface area is 93.8 Å². The van der Waals surface area contributed by atoms with Gasteiger partial charge in [0.1, 0.15) is 0 Å².